The summed E-state index contributed by atoms with van der Waals surface area (Å²) in [4.78, 5) is 14.0. The predicted octanol–water partition coefficient (Wildman–Crippen LogP) is 11.1. The molecule has 0 N–H and O–H groups in total. The zero-order valence-corrected chi connectivity index (χ0v) is 33.9. The molecule has 4 aromatic heterocycles. The van der Waals surface area contributed by atoms with E-state index in [1.54, 1.807) is 0 Å². The van der Waals surface area contributed by atoms with Gasteiger partial charge in [-0.05, 0) is 77.4 Å². The van der Waals surface area contributed by atoms with Crippen LogP contribution in [-0.4, -0.2) is 23.0 Å². The van der Waals surface area contributed by atoms with Gasteiger partial charge >= 0.3 is 0 Å². The number of rotatable bonds is 6. The molecule has 0 saturated heterocycles. The monoisotopic (exact) mass is 844 g/mol. The number of hydrogen-bond donors (Lipinski definition) is 0. The molecule has 4 nitrogen and oxygen atoms in total. The summed E-state index contributed by atoms with van der Waals surface area (Å²) in [5, 5.41) is 3.64. The van der Waals surface area contributed by atoms with Crippen molar-refractivity contribution in [3.8, 4) is 22.5 Å². The van der Waals surface area contributed by atoms with Gasteiger partial charge in [0, 0.05) is 43.6 Å². The summed E-state index contributed by atoms with van der Waals surface area (Å²) >= 11 is 0. The van der Waals surface area contributed by atoms with Gasteiger partial charge < -0.3 is 14.4 Å². The van der Waals surface area contributed by atoms with E-state index in [0.717, 1.165) is 56.0 Å². The van der Waals surface area contributed by atoms with Crippen LogP contribution in [-0.2, 0) is 25.5 Å². The van der Waals surface area contributed by atoms with Crippen molar-refractivity contribution >= 4 is 35.3 Å². The number of pyridine rings is 3. The molecule has 0 spiro atoms. The molecule has 1 aliphatic rings. The van der Waals surface area contributed by atoms with Crippen LogP contribution in [0.5, 0.6) is 0 Å². The van der Waals surface area contributed by atoms with Crippen molar-refractivity contribution < 1.29 is 24.5 Å². The Morgan fingerprint density at radius 3 is 2.35 bits per heavy atom. The summed E-state index contributed by atoms with van der Waals surface area (Å²) in [5.41, 5.74) is 10.5. The standard InChI is InChI=1S/C26H27N2O.C17H22NSi.Ir/c1-16-9-11-20(24-23(16)21-12-10-17(2)28-25(21)29-24)22-15-19(13-14-27-22)26(3,4)18-7-5-6-8-18;1-13(2)15-11-16(14-9-7-6-8-10-14)18-12-17(15)19(3,4)5;/h9-10,12-15,18H,5-8H2,1-4H3;6-9,11-13H,1-5H3;/q2*-1;. The van der Waals surface area contributed by atoms with E-state index in [4.69, 9.17) is 9.40 Å². The second-order valence-electron chi connectivity index (χ2n) is 15.4. The molecule has 1 fully saturated rings. The van der Waals surface area contributed by atoms with E-state index >= 15 is 0 Å². The van der Waals surface area contributed by atoms with Crippen LogP contribution in [0.4, 0.5) is 0 Å². The largest absolute Gasteiger partial charge is 0.486 e. The van der Waals surface area contributed by atoms with E-state index in [-0.39, 0.29) is 25.5 Å². The van der Waals surface area contributed by atoms with Crippen LogP contribution in [0, 0.1) is 31.9 Å². The summed E-state index contributed by atoms with van der Waals surface area (Å²) in [6.07, 6.45) is 9.37. The molecule has 49 heavy (non-hydrogen) atoms. The topological polar surface area (TPSA) is 51.8 Å². The van der Waals surface area contributed by atoms with E-state index in [0.29, 0.717) is 11.6 Å². The number of benzene rings is 2. The van der Waals surface area contributed by atoms with Gasteiger partial charge in [0.1, 0.15) is 0 Å². The van der Waals surface area contributed by atoms with Gasteiger partial charge in [-0.15, -0.1) is 53.6 Å². The molecular weight excluding hydrogens is 795 g/mol. The average Bonchev–Trinajstić information content (AvgIpc) is 3.75. The van der Waals surface area contributed by atoms with Crippen molar-refractivity contribution in [1.29, 1.82) is 0 Å². The fourth-order valence-electron chi connectivity index (χ4n) is 7.27. The van der Waals surface area contributed by atoms with Gasteiger partial charge in [-0.25, -0.2) is 4.98 Å². The van der Waals surface area contributed by atoms with Crippen molar-refractivity contribution in [2.75, 3.05) is 0 Å². The number of nitrogens with zero attached hydrogens (tertiary/aromatic N) is 3. The summed E-state index contributed by atoms with van der Waals surface area (Å²) < 4.78 is 6.24. The maximum atomic E-state index is 6.24. The Hall–Kier alpha value is -3.44. The number of aromatic nitrogens is 3. The van der Waals surface area contributed by atoms with E-state index in [1.165, 1.54) is 42.0 Å². The minimum absolute atomic E-state index is 0. The molecule has 7 rings (SSSR count). The van der Waals surface area contributed by atoms with Crippen molar-refractivity contribution in [2.24, 2.45) is 5.92 Å². The van der Waals surface area contributed by atoms with Gasteiger partial charge in [0.25, 0.3) is 0 Å². The first-order valence-corrected chi connectivity index (χ1v) is 21.0. The average molecular weight is 844 g/mol. The van der Waals surface area contributed by atoms with Crippen molar-refractivity contribution in [2.45, 2.75) is 98.2 Å². The number of furan rings is 1. The molecule has 0 unspecified atom stereocenters. The molecule has 4 heterocycles. The fraction of sp³-hybridized carbons (Fsp3) is 0.372. The third-order valence-corrected chi connectivity index (χ3v) is 12.3. The van der Waals surface area contributed by atoms with Gasteiger partial charge in [-0.3, -0.25) is 0 Å². The second-order valence-corrected chi connectivity index (χ2v) is 20.5. The Kier molecular flexibility index (Phi) is 11.1. The number of aryl methyl sites for hydroxylation is 2. The molecule has 1 aliphatic carbocycles. The minimum Gasteiger partial charge on any atom is -0.486 e. The molecule has 0 atom stereocenters. The van der Waals surface area contributed by atoms with Gasteiger partial charge in [-0.2, -0.15) is 0 Å². The molecule has 0 aliphatic heterocycles. The number of hydrogen-bond acceptors (Lipinski definition) is 4. The first-order chi connectivity index (χ1) is 22.8. The fourth-order valence-corrected chi connectivity index (χ4v) is 8.95. The summed E-state index contributed by atoms with van der Waals surface area (Å²) in [7, 11) is -1.34. The minimum atomic E-state index is -1.34. The van der Waals surface area contributed by atoms with E-state index in [1.807, 2.05) is 43.5 Å². The van der Waals surface area contributed by atoms with Gasteiger partial charge in [-0.1, -0.05) is 95.7 Å². The van der Waals surface area contributed by atoms with Crippen LogP contribution in [0.2, 0.25) is 19.6 Å². The summed E-state index contributed by atoms with van der Waals surface area (Å²) in [6, 6.07) is 27.6. The molecule has 257 valence electrons. The molecule has 1 saturated carbocycles. The first kappa shape index (κ1) is 36.8. The summed E-state index contributed by atoms with van der Waals surface area (Å²) in [6.45, 7) is 20.5. The van der Waals surface area contributed by atoms with Crippen molar-refractivity contribution in [3.05, 3.63) is 108 Å². The van der Waals surface area contributed by atoms with E-state index < -0.39 is 8.07 Å². The van der Waals surface area contributed by atoms with Crippen LogP contribution in [0.25, 0.3) is 44.6 Å². The van der Waals surface area contributed by atoms with Gasteiger partial charge in [0.15, 0.2) is 0 Å². The maximum Gasteiger partial charge on any atom is 0.216 e. The third kappa shape index (κ3) is 7.67. The Morgan fingerprint density at radius 2 is 1.67 bits per heavy atom. The van der Waals surface area contributed by atoms with Crippen molar-refractivity contribution in [3.63, 3.8) is 0 Å². The van der Waals surface area contributed by atoms with Crippen LogP contribution in [0.1, 0.15) is 81.7 Å². The van der Waals surface area contributed by atoms with Gasteiger partial charge in [0.2, 0.25) is 5.71 Å². The van der Waals surface area contributed by atoms with Gasteiger partial charge in [0.05, 0.1) is 13.7 Å². The SMILES string of the molecule is CC(C)c1cc(-c2[c-]cccc2)ncc1[Si](C)(C)C.Cc1ccc2c(n1)oc1c(-c3cc(C(C)(C)C4CCCC4)ccn3)[c-]cc(C)c12.[Ir]. The molecule has 2 aromatic carbocycles. The second kappa shape index (κ2) is 14.8. The smallest absolute Gasteiger partial charge is 0.216 e. The zero-order valence-electron chi connectivity index (χ0n) is 30.5. The molecule has 0 amide bonds. The quantitative estimate of drug-likeness (QED) is 0.124. The third-order valence-electron chi connectivity index (χ3n) is 10.2. The van der Waals surface area contributed by atoms with Crippen molar-refractivity contribution in [1.82, 2.24) is 15.0 Å². The van der Waals surface area contributed by atoms with E-state index in [9.17, 15) is 0 Å². The Morgan fingerprint density at radius 1 is 0.918 bits per heavy atom. The van der Waals surface area contributed by atoms with Crippen LogP contribution in [0.3, 0.4) is 0 Å². The maximum absolute atomic E-state index is 6.24. The van der Waals surface area contributed by atoms with Crippen LogP contribution in [0.15, 0.2) is 77.5 Å². The molecule has 0 bridgehead atoms. The Balaban J connectivity index is 0.000000205. The summed E-state index contributed by atoms with van der Waals surface area (Å²) in [5.74, 6) is 1.27. The predicted molar refractivity (Wildman–Crippen MR) is 204 cm³/mol. The van der Waals surface area contributed by atoms with Crippen LogP contribution < -0.4 is 5.19 Å². The Bertz CT molecular complexity index is 2050. The molecule has 6 heteroatoms. The Labute approximate surface area is 307 Å². The van der Waals surface area contributed by atoms with E-state index in [2.05, 4.69) is 113 Å². The van der Waals surface area contributed by atoms with Crippen LogP contribution >= 0.6 is 0 Å². The molecule has 1 radical (unpaired) electrons. The molecule has 6 aromatic rings. The normalized spacial score (nSPS) is 13.8. The number of fused-ring (bicyclic) bond motifs is 3. The first-order valence-electron chi connectivity index (χ1n) is 17.5. The molecular formula is C43H49IrN3OSi-2. The zero-order chi connectivity index (χ0) is 34.2.